The maximum Gasteiger partial charge on any atom is 0.262 e. The van der Waals surface area contributed by atoms with Gasteiger partial charge in [-0.3, -0.25) is 9.52 Å². The lowest BCUT2D eigenvalue weighted by molar-refractivity contribution is 0.0827. The fourth-order valence-corrected chi connectivity index (χ4v) is 3.81. The van der Waals surface area contributed by atoms with Gasteiger partial charge < -0.3 is 4.90 Å². The molecule has 0 aliphatic carbocycles. The molecule has 7 heteroatoms. The van der Waals surface area contributed by atoms with Crippen molar-refractivity contribution in [2.75, 3.05) is 18.8 Å². The molecule has 0 aromatic heterocycles. The first kappa shape index (κ1) is 18.3. The number of carbonyl (C=O) groups excluding carboxylic acids is 1. The molecule has 128 valence electrons. The Labute approximate surface area is 147 Å². The van der Waals surface area contributed by atoms with Gasteiger partial charge in [-0.15, -0.1) is 0 Å². The number of hydrogen-bond donors (Lipinski definition) is 1. The minimum absolute atomic E-state index is 0.161. The van der Waals surface area contributed by atoms with Crippen LogP contribution in [0.3, 0.4) is 0 Å². The standard InChI is InChI=1S/C17H19ClN2O3S/c1-11-9-16(12(2)8-15(11)18)24(22,23)19-14-7-5-6-13(10-14)17(21)20(3)4/h5-10,19H,1-4H3. The summed E-state index contributed by atoms with van der Waals surface area (Å²) in [6, 6.07) is 9.54. The minimum atomic E-state index is -3.78. The summed E-state index contributed by atoms with van der Waals surface area (Å²) in [5, 5.41) is 0.519. The molecule has 0 fully saturated rings. The molecular weight excluding hydrogens is 348 g/mol. The molecule has 2 aromatic carbocycles. The molecule has 1 N–H and O–H groups in total. The number of nitrogens with one attached hydrogen (secondary N) is 1. The first-order chi connectivity index (χ1) is 11.1. The van der Waals surface area contributed by atoms with Crippen LogP contribution in [0.5, 0.6) is 0 Å². The summed E-state index contributed by atoms with van der Waals surface area (Å²) in [4.78, 5) is 13.6. The molecule has 0 aliphatic rings. The zero-order chi connectivity index (χ0) is 18.1. The number of anilines is 1. The van der Waals surface area contributed by atoms with Crippen LogP contribution in [0.1, 0.15) is 21.5 Å². The molecule has 1 amide bonds. The summed E-state index contributed by atoms with van der Waals surface area (Å²) in [6.45, 7) is 3.43. The van der Waals surface area contributed by atoms with Crippen molar-refractivity contribution < 1.29 is 13.2 Å². The lowest BCUT2D eigenvalue weighted by atomic mass is 10.2. The molecule has 5 nitrogen and oxygen atoms in total. The molecule has 24 heavy (non-hydrogen) atoms. The van der Waals surface area contributed by atoms with Gasteiger partial charge in [0.25, 0.3) is 15.9 Å². The maximum absolute atomic E-state index is 12.7. The highest BCUT2D eigenvalue weighted by molar-refractivity contribution is 7.92. The van der Waals surface area contributed by atoms with Crippen LogP contribution in [-0.4, -0.2) is 33.3 Å². The highest BCUT2D eigenvalue weighted by Gasteiger charge is 2.19. The zero-order valence-corrected chi connectivity index (χ0v) is 15.5. The molecule has 0 aliphatic heterocycles. The highest BCUT2D eigenvalue weighted by atomic mass is 35.5. The number of carbonyl (C=O) groups is 1. The van der Waals surface area contributed by atoms with Gasteiger partial charge in [-0.1, -0.05) is 17.7 Å². The van der Waals surface area contributed by atoms with Crippen molar-refractivity contribution in [3.05, 3.63) is 58.1 Å². The van der Waals surface area contributed by atoms with Gasteiger partial charge in [-0.25, -0.2) is 8.42 Å². The predicted molar refractivity (Wildman–Crippen MR) is 96.2 cm³/mol. The van der Waals surface area contributed by atoms with E-state index < -0.39 is 10.0 Å². The fraction of sp³-hybridized carbons (Fsp3) is 0.235. The number of aryl methyl sites for hydroxylation is 2. The number of benzene rings is 2. The van der Waals surface area contributed by atoms with E-state index >= 15 is 0 Å². The third-order valence-electron chi connectivity index (χ3n) is 3.51. The first-order valence-corrected chi connectivity index (χ1v) is 9.09. The first-order valence-electron chi connectivity index (χ1n) is 7.23. The molecule has 0 spiro atoms. The number of nitrogens with zero attached hydrogens (tertiary/aromatic N) is 1. The number of sulfonamides is 1. The van der Waals surface area contributed by atoms with Gasteiger partial charge >= 0.3 is 0 Å². The predicted octanol–water partition coefficient (Wildman–Crippen LogP) is 3.46. The van der Waals surface area contributed by atoms with E-state index in [2.05, 4.69) is 4.72 Å². The number of halogens is 1. The monoisotopic (exact) mass is 366 g/mol. The molecule has 0 heterocycles. The quantitative estimate of drug-likeness (QED) is 0.901. The average Bonchev–Trinajstić information content (AvgIpc) is 2.49. The Morgan fingerprint density at radius 2 is 1.75 bits per heavy atom. The third kappa shape index (κ3) is 3.88. The Bertz CT molecular complexity index is 893. The topological polar surface area (TPSA) is 66.5 Å². The normalized spacial score (nSPS) is 11.2. The molecule has 0 saturated heterocycles. The summed E-state index contributed by atoms with van der Waals surface area (Å²) in [6.07, 6.45) is 0. The van der Waals surface area contributed by atoms with E-state index in [0.29, 0.717) is 27.4 Å². The highest BCUT2D eigenvalue weighted by Crippen LogP contribution is 2.26. The lowest BCUT2D eigenvalue weighted by Gasteiger charge is -2.14. The summed E-state index contributed by atoms with van der Waals surface area (Å²) in [5.74, 6) is -0.199. The molecule has 2 rings (SSSR count). The van der Waals surface area contributed by atoms with Crippen molar-refractivity contribution in [1.29, 1.82) is 0 Å². The van der Waals surface area contributed by atoms with E-state index in [4.69, 9.17) is 11.6 Å². The van der Waals surface area contributed by atoms with Crippen molar-refractivity contribution in [2.45, 2.75) is 18.7 Å². The van der Waals surface area contributed by atoms with Crippen LogP contribution < -0.4 is 4.72 Å². The largest absolute Gasteiger partial charge is 0.345 e. The van der Waals surface area contributed by atoms with E-state index in [1.165, 1.54) is 17.0 Å². The van der Waals surface area contributed by atoms with E-state index in [-0.39, 0.29) is 10.8 Å². The Morgan fingerprint density at radius 3 is 2.38 bits per heavy atom. The fourth-order valence-electron chi connectivity index (χ4n) is 2.23. The van der Waals surface area contributed by atoms with Crippen molar-refractivity contribution in [2.24, 2.45) is 0 Å². The molecule has 0 atom stereocenters. The van der Waals surface area contributed by atoms with Gasteiger partial charge in [0, 0.05) is 30.4 Å². The second-order valence-electron chi connectivity index (χ2n) is 5.75. The van der Waals surface area contributed by atoms with E-state index in [0.717, 1.165) is 0 Å². The third-order valence-corrected chi connectivity index (χ3v) is 5.44. The summed E-state index contributed by atoms with van der Waals surface area (Å²) >= 11 is 6.02. The second kappa shape index (κ2) is 6.83. The summed E-state index contributed by atoms with van der Waals surface area (Å²) < 4.78 is 27.8. The maximum atomic E-state index is 12.7. The minimum Gasteiger partial charge on any atom is -0.345 e. The van der Waals surface area contributed by atoms with Gasteiger partial charge in [0.2, 0.25) is 0 Å². The van der Waals surface area contributed by atoms with E-state index in [1.54, 1.807) is 52.2 Å². The molecule has 0 bridgehead atoms. The number of hydrogen-bond acceptors (Lipinski definition) is 3. The summed E-state index contributed by atoms with van der Waals surface area (Å²) in [7, 11) is -0.504. The van der Waals surface area contributed by atoms with Crippen molar-refractivity contribution in [3.8, 4) is 0 Å². The van der Waals surface area contributed by atoms with Crippen molar-refractivity contribution in [3.63, 3.8) is 0 Å². The molecule has 2 aromatic rings. The molecule has 0 radical (unpaired) electrons. The van der Waals surface area contributed by atoms with Crippen LogP contribution in [0.25, 0.3) is 0 Å². The van der Waals surface area contributed by atoms with Gasteiger partial charge in [0.05, 0.1) is 4.90 Å². The Morgan fingerprint density at radius 1 is 1.08 bits per heavy atom. The van der Waals surface area contributed by atoms with Crippen LogP contribution in [-0.2, 0) is 10.0 Å². The van der Waals surface area contributed by atoms with Gasteiger partial charge in [-0.05, 0) is 55.3 Å². The SMILES string of the molecule is Cc1cc(S(=O)(=O)Nc2cccc(C(=O)N(C)C)c2)c(C)cc1Cl. The Kier molecular flexibility index (Phi) is 5.20. The molecule has 0 saturated carbocycles. The van der Waals surface area contributed by atoms with Gasteiger partial charge in [0.1, 0.15) is 0 Å². The second-order valence-corrected chi connectivity index (χ2v) is 7.81. The van der Waals surface area contributed by atoms with Gasteiger partial charge in [-0.2, -0.15) is 0 Å². The average molecular weight is 367 g/mol. The number of rotatable bonds is 4. The summed E-state index contributed by atoms with van der Waals surface area (Å²) in [5.41, 5.74) is 1.97. The van der Waals surface area contributed by atoms with Crippen LogP contribution in [0, 0.1) is 13.8 Å². The smallest absolute Gasteiger partial charge is 0.262 e. The van der Waals surface area contributed by atoms with E-state index in [1.807, 2.05) is 0 Å². The van der Waals surface area contributed by atoms with Crippen LogP contribution in [0.15, 0.2) is 41.3 Å². The Balaban J connectivity index is 2.39. The lowest BCUT2D eigenvalue weighted by Crippen LogP contribution is -2.22. The molecule has 0 unspecified atom stereocenters. The van der Waals surface area contributed by atoms with Crippen molar-refractivity contribution >= 4 is 33.2 Å². The van der Waals surface area contributed by atoms with Crippen molar-refractivity contribution in [1.82, 2.24) is 4.90 Å². The molecular formula is C17H19ClN2O3S. The van der Waals surface area contributed by atoms with Gasteiger partial charge in [0.15, 0.2) is 0 Å². The number of amides is 1. The van der Waals surface area contributed by atoms with Crippen LogP contribution in [0.4, 0.5) is 5.69 Å². The van der Waals surface area contributed by atoms with E-state index in [9.17, 15) is 13.2 Å². The van der Waals surface area contributed by atoms with Crippen LogP contribution >= 0.6 is 11.6 Å². The Hall–Kier alpha value is -2.05. The zero-order valence-electron chi connectivity index (χ0n) is 13.9. The van der Waals surface area contributed by atoms with Crippen LogP contribution in [0.2, 0.25) is 5.02 Å².